The first-order chi connectivity index (χ1) is 7.63. The normalized spacial score (nSPS) is 24.6. The molecule has 0 bridgehead atoms. The summed E-state index contributed by atoms with van der Waals surface area (Å²) in [6.07, 6.45) is 2.64. The molecule has 0 spiro atoms. The molecule has 2 rings (SSSR count). The predicted molar refractivity (Wildman–Crippen MR) is 62.7 cm³/mol. The molecule has 1 heterocycles. The molecule has 0 radical (unpaired) electrons. The summed E-state index contributed by atoms with van der Waals surface area (Å²) in [5.74, 6) is 1.68. The van der Waals surface area contributed by atoms with Gasteiger partial charge in [-0.25, -0.2) is 0 Å². The minimum atomic E-state index is -0.146. The molecule has 6 heteroatoms. The van der Waals surface area contributed by atoms with Gasteiger partial charge in [0.1, 0.15) is 11.6 Å². The third kappa shape index (κ3) is 2.73. The molecular formula is C10H17N5O. The van der Waals surface area contributed by atoms with Gasteiger partial charge >= 0.3 is 0 Å². The molecule has 1 aliphatic rings. The summed E-state index contributed by atoms with van der Waals surface area (Å²) in [6, 6.07) is 1.65. The van der Waals surface area contributed by atoms with Gasteiger partial charge in [0.25, 0.3) is 0 Å². The zero-order chi connectivity index (χ0) is 11.5. The van der Waals surface area contributed by atoms with E-state index in [2.05, 4.69) is 15.3 Å². The fourth-order valence-corrected chi connectivity index (χ4v) is 2.06. The average Bonchev–Trinajstić information content (AvgIpc) is 2.60. The van der Waals surface area contributed by atoms with Crippen LogP contribution >= 0.6 is 0 Å². The van der Waals surface area contributed by atoms with Crippen LogP contribution in [0.2, 0.25) is 0 Å². The minimum Gasteiger partial charge on any atom is -0.393 e. The zero-order valence-electron chi connectivity index (χ0n) is 9.06. The van der Waals surface area contributed by atoms with Crippen molar-refractivity contribution in [3.8, 4) is 0 Å². The molecule has 0 amide bonds. The summed E-state index contributed by atoms with van der Waals surface area (Å²) in [4.78, 5) is 7.82. The predicted octanol–water partition coefficient (Wildman–Crippen LogP) is 0.214. The monoisotopic (exact) mass is 223 g/mol. The number of aliphatic hydroxyl groups is 1. The lowest BCUT2D eigenvalue weighted by molar-refractivity contribution is 0.178. The van der Waals surface area contributed by atoms with E-state index in [-0.39, 0.29) is 12.1 Å². The van der Waals surface area contributed by atoms with Crippen LogP contribution in [0.5, 0.6) is 0 Å². The molecule has 0 aliphatic heterocycles. The van der Waals surface area contributed by atoms with Crippen molar-refractivity contribution in [1.29, 1.82) is 0 Å². The number of nitrogen functional groups attached to an aromatic ring is 2. The van der Waals surface area contributed by atoms with Crippen LogP contribution in [-0.2, 0) is 0 Å². The Labute approximate surface area is 94.1 Å². The van der Waals surface area contributed by atoms with Gasteiger partial charge in [-0.2, -0.15) is 9.97 Å². The van der Waals surface area contributed by atoms with Crippen LogP contribution in [0.1, 0.15) is 19.3 Å². The van der Waals surface area contributed by atoms with E-state index in [0.29, 0.717) is 17.6 Å². The molecule has 0 aromatic carbocycles. The Morgan fingerprint density at radius 3 is 2.81 bits per heavy atom. The number of aliphatic hydroxyl groups excluding tert-OH is 1. The van der Waals surface area contributed by atoms with Gasteiger partial charge in [0.05, 0.1) is 6.10 Å². The van der Waals surface area contributed by atoms with Crippen LogP contribution in [0.4, 0.5) is 17.6 Å². The van der Waals surface area contributed by atoms with E-state index in [0.717, 1.165) is 25.8 Å². The highest BCUT2D eigenvalue weighted by molar-refractivity contribution is 5.48. The van der Waals surface area contributed by atoms with E-state index < -0.39 is 0 Å². The Kier molecular flexibility index (Phi) is 3.09. The Balaban J connectivity index is 1.89. The second-order valence-electron chi connectivity index (χ2n) is 4.25. The number of hydrogen-bond donors (Lipinski definition) is 4. The molecule has 1 fully saturated rings. The van der Waals surface area contributed by atoms with Gasteiger partial charge in [-0.3, -0.25) is 0 Å². The van der Waals surface area contributed by atoms with Crippen LogP contribution in [0.15, 0.2) is 6.07 Å². The first-order valence-electron chi connectivity index (χ1n) is 5.45. The average molecular weight is 223 g/mol. The summed E-state index contributed by atoms with van der Waals surface area (Å²) >= 11 is 0. The molecule has 88 valence electrons. The summed E-state index contributed by atoms with van der Waals surface area (Å²) in [7, 11) is 0. The van der Waals surface area contributed by atoms with Crippen molar-refractivity contribution >= 4 is 17.6 Å². The van der Waals surface area contributed by atoms with Gasteiger partial charge < -0.3 is 21.9 Å². The molecule has 2 unspecified atom stereocenters. The van der Waals surface area contributed by atoms with E-state index in [1.54, 1.807) is 6.07 Å². The smallest absolute Gasteiger partial charge is 0.223 e. The van der Waals surface area contributed by atoms with Crippen molar-refractivity contribution in [2.24, 2.45) is 5.92 Å². The second kappa shape index (κ2) is 4.52. The van der Waals surface area contributed by atoms with E-state index in [9.17, 15) is 5.11 Å². The molecule has 1 aromatic rings. The van der Waals surface area contributed by atoms with Crippen molar-refractivity contribution in [3.63, 3.8) is 0 Å². The lowest BCUT2D eigenvalue weighted by Gasteiger charge is -2.11. The summed E-state index contributed by atoms with van der Waals surface area (Å²) in [5.41, 5.74) is 11.0. The van der Waals surface area contributed by atoms with Crippen molar-refractivity contribution in [2.45, 2.75) is 25.4 Å². The van der Waals surface area contributed by atoms with Gasteiger partial charge in [-0.15, -0.1) is 0 Å². The summed E-state index contributed by atoms with van der Waals surface area (Å²) < 4.78 is 0. The highest BCUT2D eigenvalue weighted by atomic mass is 16.3. The third-order valence-corrected chi connectivity index (χ3v) is 2.85. The molecule has 1 aliphatic carbocycles. The topological polar surface area (TPSA) is 110 Å². The van der Waals surface area contributed by atoms with Gasteiger partial charge in [0.2, 0.25) is 5.95 Å². The Bertz CT molecular complexity index is 350. The number of anilines is 3. The van der Waals surface area contributed by atoms with Gasteiger partial charge in [-0.1, -0.05) is 0 Å². The number of nitrogens with zero attached hydrogens (tertiary/aromatic N) is 2. The van der Waals surface area contributed by atoms with Gasteiger partial charge in [-0.05, 0) is 25.2 Å². The summed E-state index contributed by atoms with van der Waals surface area (Å²) in [5, 5.41) is 12.6. The first kappa shape index (κ1) is 10.9. The Hall–Kier alpha value is -1.56. The van der Waals surface area contributed by atoms with Crippen molar-refractivity contribution in [3.05, 3.63) is 6.07 Å². The molecule has 6 N–H and O–H groups in total. The number of aromatic nitrogens is 2. The first-order valence-corrected chi connectivity index (χ1v) is 5.45. The highest BCUT2D eigenvalue weighted by Gasteiger charge is 2.22. The SMILES string of the molecule is Nc1cc(NCC2CCC(O)C2)nc(N)n1. The number of hydrogen-bond acceptors (Lipinski definition) is 6. The molecule has 2 atom stereocenters. The van der Waals surface area contributed by atoms with Crippen molar-refractivity contribution in [1.82, 2.24) is 9.97 Å². The van der Waals surface area contributed by atoms with Crippen LogP contribution in [0, 0.1) is 5.92 Å². The number of nitrogens with one attached hydrogen (secondary N) is 1. The molecular weight excluding hydrogens is 206 g/mol. The van der Waals surface area contributed by atoms with Gasteiger partial charge in [0, 0.05) is 12.6 Å². The van der Waals surface area contributed by atoms with E-state index in [1.165, 1.54) is 0 Å². The zero-order valence-corrected chi connectivity index (χ0v) is 9.06. The van der Waals surface area contributed by atoms with Crippen molar-refractivity contribution < 1.29 is 5.11 Å². The van der Waals surface area contributed by atoms with Crippen LogP contribution in [-0.4, -0.2) is 27.7 Å². The maximum absolute atomic E-state index is 9.39. The largest absolute Gasteiger partial charge is 0.393 e. The van der Waals surface area contributed by atoms with E-state index >= 15 is 0 Å². The standard InChI is InChI=1S/C10H17N5O/c11-8-4-9(15-10(12)14-8)13-5-6-1-2-7(16)3-6/h4,6-7,16H,1-3,5H2,(H5,11,12,13,14,15). The maximum Gasteiger partial charge on any atom is 0.223 e. The number of rotatable bonds is 3. The Morgan fingerprint density at radius 1 is 1.38 bits per heavy atom. The second-order valence-corrected chi connectivity index (χ2v) is 4.25. The quantitative estimate of drug-likeness (QED) is 0.583. The fraction of sp³-hybridized carbons (Fsp3) is 0.600. The highest BCUT2D eigenvalue weighted by Crippen LogP contribution is 2.25. The number of nitrogens with two attached hydrogens (primary N) is 2. The molecule has 1 saturated carbocycles. The van der Waals surface area contributed by atoms with Crippen LogP contribution < -0.4 is 16.8 Å². The lowest BCUT2D eigenvalue weighted by Crippen LogP contribution is -2.14. The van der Waals surface area contributed by atoms with Crippen LogP contribution in [0.25, 0.3) is 0 Å². The van der Waals surface area contributed by atoms with E-state index in [1.807, 2.05) is 0 Å². The maximum atomic E-state index is 9.39. The third-order valence-electron chi connectivity index (χ3n) is 2.85. The van der Waals surface area contributed by atoms with Gasteiger partial charge in [0.15, 0.2) is 0 Å². The minimum absolute atomic E-state index is 0.146. The van der Waals surface area contributed by atoms with E-state index in [4.69, 9.17) is 11.5 Å². The van der Waals surface area contributed by atoms with Crippen molar-refractivity contribution in [2.75, 3.05) is 23.3 Å². The Morgan fingerprint density at radius 2 is 2.19 bits per heavy atom. The van der Waals surface area contributed by atoms with Crippen LogP contribution in [0.3, 0.4) is 0 Å². The molecule has 16 heavy (non-hydrogen) atoms. The fourth-order valence-electron chi connectivity index (χ4n) is 2.06. The molecule has 0 saturated heterocycles. The molecule has 1 aromatic heterocycles. The summed E-state index contributed by atoms with van der Waals surface area (Å²) in [6.45, 7) is 0.785. The lowest BCUT2D eigenvalue weighted by atomic mass is 10.1. The molecule has 6 nitrogen and oxygen atoms in total.